The van der Waals surface area contributed by atoms with Crippen LogP contribution in [0.25, 0.3) is 0 Å². The fourth-order valence-electron chi connectivity index (χ4n) is 7.59. The Kier molecular flexibility index (Phi) is 7.29. The van der Waals surface area contributed by atoms with E-state index in [2.05, 4.69) is 6.92 Å². The summed E-state index contributed by atoms with van der Waals surface area (Å²) >= 11 is 6.93. The maximum atomic E-state index is 14.0. The largest absolute Gasteiger partial charge is 0.495 e. The zero-order valence-electron chi connectivity index (χ0n) is 25.4. The fourth-order valence-corrected chi connectivity index (χ4v) is 7.83. The topological polar surface area (TPSA) is 91.3 Å². The van der Waals surface area contributed by atoms with E-state index in [1.807, 2.05) is 27.7 Å². The Balaban J connectivity index is 1.48. The molecule has 3 fully saturated rings. The molecule has 0 saturated heterocycles. The van der Waals surface area contributed by atoms with Crippen molar-refractivity contribution in [3.8, 4) is 23.0 Å². The highest BCUT2D eigenvalue weighted by Gasteiger charge is 2.57. The minimum absolute atomic E-state index is 0.0800. The Morgan fingerprint density at radius 1 is 1.12 bits per heavy atom. The third-order valence-electron chi connectivity index (χ3n) is 10.0. The molecule has 6 rings (SSSR count). The van der Waals surface area contributed by atoms with Crippen LogP contribution in [-0.4, -0.2) is 24.2 Å². The predicted octanol–water partition coefficient (Wildman–Crippen LogP) is 8.20. The molecule has 2 aromatic carbocycles. The number of carbonyl (C=O) groups is 2. The van der Waals surface area contributed by atoms with Crippen molar-refractivity contribution in [3.63, 3.8) is 0 Å². The number of methoxy groups -OCH3 is 1. The average Bonchev–Trinajstić information content (AvgIpc) is 3.66. The van der Waals surface area contributed by atoms with Crippen molar-refractivity contribution in [1.29, 1.82) is 0 Å². The summed E-state index contributed by atoms with van der Waals surface area (Å²) in [6, 6.07) is 3.35. The second kappa shape index (κ2) is 10.4. The maximum absolute atomic E-state index is 14.0. The third-order valence-corrected chi connectivity index (χ3v) is 10.6. The number of aliphatic hydroxyl groups is 1. The Morgan fingerprint density at radius 2 is 1.76 bits per heavy atom. The van der Waals surface area contributed by atoms with Crippen LogP contribution in [0.2, 0.25) is 5.02 Å². The fraction of sp³-hybridized carbons (Fsp3) is 0.588. The quantitative estimate of drug-likeness (QED) is 0.265. The van der Waals surface area contributed by atoms with Gasteiger partial charge in [-0.2, -0.15) is 0 Å². The molecule has 7 nitrogen and oxygen atoms in total. The molecular formula is C34H41ClO7. The highest BCUT2D eigenvalue weighted by Crippen LogP contribution is 2.60. The highest BCUT2D eigenvalue weighted by atomic mass is 35.5. The normalized spacial score (nSPS) is 25.5. The molecule has 2 bridgehead atoms. The standard InChI is InChI=1S/C34H41ClO7/c1-17-25(18-7-8-18)30(42-32(38)34(5)19-9-10-20(34)12-11-19)29-22(27(17)35)16-40-31(37)26-24(41-29)14-13-21(28(26)39-6)23(36)15-33(2,3)4/h13-14,18-20,23,36H,7-12,15-16H2,1-6H3. The molecule has 0 aromatic heterocycles. The molecule has 8 heteroatoms. The van der Waals surface area contributed by atoms with Crippen LogP contribution in [-0.2, 0) is 16.1 Å². The van der Waals surface area contributed by atoms with Gasteiger partial charge in [0.25, 0.3) is 0 Å². The van der Waals surface area contributed by atoms with Gasteiger partial charge in [-0.05, 0) is 99.7 Å². The SMILES string of the molecule is COc1c(C(O)CC(C)(C)C)ccc2c1C(=O)OCc1c(Cl)c(C)c(C3CC3)c(OC(=O)C3(C)C4CCC3CC4)c1O2. The molecule has 1 unspecified atom stereocenters. The van der Waals surface area contributed by atoms with E-state index in [0.717, 1.165) is 49.7 Å². The molecule has 1 heterocycles. The summed E-state index contributed by atoms with van der Waals surface area (Å²) in [6.45, 7) is 9.93. The van der Waals surface area contributed by atoms with Gasteiger partial charge in [0.2, 0.25) is 0 Å². The van der Waals surface area contributed by atoms with Gasteiger partial charge in [0.15, 0.2) is 11.5 Å². The molecule has 4 aliphatic rings. The molecule has 42 heavy (non-hydrogen) atoms. The Labute approximate surface area is 252 Å². The number of carbonyl (C=O) groups excluding carboxylic acids is 2. The van der Waals surface area contributed by atoms with Gasteiger partial charge >= 0.3 is 11.9 Å². The monoisotopic (exact) mass is 596 g/mol. The van der Waals surface area contributed by atoms with Crippen molar-refractivity contribution in [3.05, 3.63) is 45.0 Å². The summed E-state index contributed by atoms with van der Waals surface area (Å²) in [5.41, 5.74) is 2.04. The molecule has 0 radical (unpaired) electrons. The molecule has 1 N–H and O–H groups in total. The summed E-state index contributed by atoms with van der Waals surface area (Å²) in [5, 5.41) is 11.5. The van der Waals surface area contributed by atoms with Gasteiger partial charge in [-0.1, -0.05) is 32.4 Å². The number of hydrogen-bond donors (Lipinski definition) is 1. The zero-order valence-corrected chi connectivity index (χ0v) is 26.2. The van der Waals surface area contributed by atoms with E-state index in [1.54, 1.807) is 12.1 Å². The van der Waals surface area contributed by atoms with Gasteiger partial charge in [0.05, 0.1) is 29.2 Å². The molecule has 226 valence electrons. The summed E-state index contributed by atoms with van der Waals surface area (Å²) in [5.74, 6) is 1.05. The summed E-state index contributed by atoms with van der Waals surface area (Å²) < 4.78 is 24.5. The van der Waals surface area contributed by atoms with Crippen LogP contribution < -0.4 is 14.2 Å². The van der Waals surface area contributed by atoms with Gasteiger partial charge in [-0.25, -0.2) is 4.79 Å². The second-order valence-electron chi connectivity index (χ2n) is 14.0. The number of aliphatic hydroxyl groups excluding tert-OH is 1. The van der Waals surface area contributed by atoms with Gasteiger partial charge in [-0.3, -0.25) is 4.79 Å². The van der Waals surface area contributed by atoms with Gasteiger partial charge in [-0.15, -0.1) is 0 Å². The van der Waals surface area contributed by atoms with E-state index in [1.165, 1.54) is 7.11 Å². The molecule has 3 aliphatic carbocycles. The smallest absolute Gasteiger partial charge is 0.346 e. The number of rotatable bonds is 6. The van der Waals surface area contributed by atoms with Gasteiger partial charge in [0.1, 0.15) is 23.7 Å². The average molecular weight is 597 g/mol. The van der Waals surface area contributed by atoms with E-state index in [4.69, 9.17) is 30.5 Å². The van der Waals surface area contributed by atoms with Crippen molar-refractivity contribution in [2.24, 2.45) is 22.7 Å². The molecule has 2 aromatic rings. The first kappa shape index (κ1) is 29.3. The Morgan fingerprint density at radius 3 is 2.33 bits per heavy atom. The lowest BCUT2D eigenvalue weighted by atomic mass is 9.79. The molecule has 0 amide bonds. The van der Waals surface area contributed by atoms with Crippen molar-refractivity contribution >= 4 is 23.5 Å². The van der Waals surface area contributed by atoms with Gasteiger partial charge in [0, 0.05) is 11.1 Å². The number of fused-ring (bicyclic) bond motifs is 4. The van der Waals surface area contributed by atoms with Crippen LogP contribution in [0.4, 0.5) is 0 Å². The van der Waals surface area contributed by atoms with Crippen LogP contribution in [0.1, 0.15) is 117 Å². The number of esters is 2. The Hall–Kier alpha value is -2.77. The minimum atomic E-state index is -0.867. The molecular weight excluding hydrogens is 556 g/mol. The zero-order chi connectivity index (χ0) is 30.1. The van der Waals surface area contributed by atoms with E-state index in [9.17, 15) is 14.7 Å². The number of cyclic esters (lactones) is 1. The number of halogens is 1. The van der Waals surface area contributed by atoms with Crippen molar-refractivity contribution in [2.45, 2.75) is 98.2 Å². The summed E-state index contributed by atoms with van der Waals surface area (Å²) in [4.78, 5) is 27.5. The summed E-state index contributed by atoms with van der Waals surface area (Å²) in [7, 11) is 1.46. The first-order valence-electron chi connectivity index (χ1n) is 15.2. The molecule has 1 aliphatic heterocycles. The maximum Gasteiger partial charge on any atom is 0.346 e. The molecule has 0 spiro atoms. The lowest BCUT2D eigenvalue weighted by molar-refractivity contribution is -0.147. The molecule has 3 saturated carbocycles. The van der Waals surface area contributed by atoms with Crippen LogP contribution in [0.3, 0.4) is 0 Å². The van der Waals surface area contributed by atoms with Crippen LogP contribution in [0, 0.1) is 29.6 Å². The van der Waals surface area contributed by atoms with Crippen molar-refractivity contribution in [2.75, 3.05) is 7.11 Å². The van der Waals surface area contributed by atoms with Crippen LogP contribution in [0.15, 0.2) is 12.1 Å². The van der Waals surface area contributed by atoms with Crippen LogP contribution >= 0.6 is 11.6 Å². The lowest BCUT2D eigenvalue weighted by Gasteiger charge is -2.30. The lowest BCUT2D eigenvalue weighted by Crippen LogP contribution is -2.36. The van der Waals surface area contributed by atoms with Crippen LogP contribution in [0.5, 0.6) is 23.0 Å². The predicted molar refractivity (Wildman–Crippen MR) is 159 cm³/mol. The van der Waals surface area contributed by atoms with E-state index >= 15 is 0 Å². The summed E-state index contributed by atoms with van der Waals surface area (Å²) in [6.07, 6.45) is 5.72. The van der Waals surface area contributed by atoms with E-state index in [0.29, 0.717) is 45.9 Å². The van der Waals surface area contributed by atoms with Crippen molar-refractivity contribution < 1.29 is 33.6 Å². The first-order valence-corrected chi connectivity index (χ1v) is 15.5. The van der Waals surface area contributed by atoms with E-state index < -0.39 is 17.5 Å². The van der Waals surface area contributed by atoms with Gasteiger partial charge < -0.3 is 24.1 Å². The Bertz CT molecular complexity index is 1430. The van der Waals surface area contributed by atoms with E-state index in [-0.39, 0.29) is 41.0 Å². The molecule has 1 atom stereocenters. The first-order chi connectivity index (χ1) is 19.8. The number of benzene rings is 2. The second-order valence-corrected chi connectivity index (χ2v) is 14.4. The number of ether oxygens (including phenoxy) is 4. The number of hydrogen-bond acceptors (Lipinski definition) is 7. The van der Waals surface area contributed by atoms with Crippen molar-refractivity contribution in [1.82, 2.24) is 0 Å². The highest BCUT2D eigenvalue weighted by molar-refractivity contribution is 6.32. The minimum Gasteiger partial charge on any atom is -0.495 e. The third kappa shape index (κ3) is 4.77.